The van der Waals surface area contributed by atoms with E-state index in [0.29, 0.717) is 13.0 Å². The van der Waals surface area contributed by atoms with Crippen LogP contribution in [0.15, 0.2) is 22.8 Å². The first-order valence-corrected chi connectivity index (χ1v) is 5.89. The van der Waals surface area contributed by atoms with Crippen molar-refractivity contribution in [2.45, 2.75) is 18.9 Å². The topological polar surface area (TPSA) is 112 Å². The van der Waals surface area contributed by atoms with Crippen molar-refractivity contribution in [3.05, 3.63) is 24.2 Å². The molecule has 0 bridgehead atoms. The number of rotatable bonds is 5. The molecule has 2 atom stereocenters. The Morgan fingerprint density at radius 3 is 2.89 bits per heavy atom. The van der Waals surface area contributed by atoms with E-state index in [1.807, 2.05) is 0 Å². The Morgan fingerprint density at radius 1 is 1.58 bits per heavy atom. The molecule has 0 aliphatic carbocycles. The van der Waals surface area contributed by atoms with Crippen LogP contribution >= 0.6 is 0 Å². The monoisotopic (exact) mass is 266 g/mol. The number of ketones is 1. The second-order valence-corrected chi connectivity index (χ2v) is 4.28. The van der Waals surface area contributed by atoms with Gasteiger partial charge in [0, 0.05) is 18.9 Å². The van der Waals surface area contributed by atoms with Gasteiger partial charge in [-0.3, -0.25) is 9.59 Å². The summed E-state index contributed by atoms with van der Waals surface area (Å²) in [5.74, 6) is -0.929. The van der Waals surface area contributed by atoms with Gasteiger partial charge in [-0.1, -0.05) is 0 Å². The van der Waals surface area contributed by atoms with Crippen LogP contribution in [-0.4, -0.2) is 30.4 Å². The Labute approximate surface area is 109 Å². The Morgan fingerprint density at radius 2 is 2.37 bits per heavy atom. The number of hydrogen-bond acceptors (Lipinski definition) is 5. The van der Waals surface area contributed by atoms with Gasteiger partial charge in [0.25, 0.3) is 0 Å². The van der Waals surface area contributed by atoms with Gasteiger partial charge >= 0.3 is 6.09 Å². The van der Waals surface area contributed by atoms with Crippen molar-refractivity contribution in [1.82, 2.24) is 5.32 Å². The van der Waals surface area contributed by atoms with Crippen molar-refractivity contribution in [2.75, 3.05) is 6.54 Å². The predicted octanol–water partition coefficient (Wildman–Crippen LogP) is 0.452. The summed E-state index contributed by atoms with van der Waals surface area (Å²) in [5, 5.41) is 2.66. The molecule has 7 heteroatoms. The fourth-order valence-electron chi connectivity index (χ4n) is 2.05. The highest BCUT2D eigenvalue weighted by atomic mass is 16.6. The SMILES string of the molecule is NC(=O)OC(C[C@@H]1CCNC1=O)C(=O)c1ccco1. The van der Waals surface area contributed by atoms with Gasteiger partial charge in [-0.05, 0) is 18.6 Å². The summed E-state index contributed by atoms with van der Waals surface area (Å²) in [6.07, 6.45) is -0.102. The zero-order chi connectivity index (χ0) is 13.8. The van der Waals surface area contributed by atoms with Gasteiger partial charge in [0.2, 0.25) is 11.7 Å². The van der Waals surface area contributed by atoms with Gasteiger partial charge in [0.15, 0.2) is 11.9 Å². The molecule has 3 N–H and O–H groups in total. The van der Waals surface area contributed by atoms with Crippen LogP contribution in [0.2, 0.25) is 0 Å². The fourth-order valence-corrected chi connectivity index (χ4v) is 2.05. The van der Waals surface area contributed by atoms with Crippen LogP contribution in [-0.2, 0) is 9.53 Å². The molecule has 2 amide bonds. The first kappa shape index (κ1) is 13.1. The van der Waals surface area contributed by atoms with Crippen LogP contribution in [0.5, 0.6) is 0 Å². The third-order valence-corrected chi connectivity index (χ3v) is 2.98. The van der Waals surface area contributed by atoms with Gasteiger partial charge in [-0.15, -0.1) is 0 Å². The van der Waals surface area contributed by atoms with E-state index >= 15 is 0 Å². The molecule has 1 aliphatic rings. The van der Waals surface area contributed by atoms with E-state index in [1.165, 1.54) is 12.3 Å². The van der Waals surface area contributed by atoms with Crippen molar-refractivity contribution < 1.29 is 23.5 Å². The molecule has 2 heterocycles. The summed E-state index contributed by atoms with van der Waals surface area (Å²) in [4.78, 5) is 34.4. The number of nitrogens with one attached hydrogen (secondary N) is 1. The Hall–Kier alpha value is -2.31. The zero-order valence-electron chi connectivity index (χ0n) is 10.1. The van der Waals surface area contributed by atoms with Crippen LogP contribution in [0.1, 0.15) is 23.4 Å². The molecular weight excluding hydrogens is 252 g/mol. The Bertz CT molecular complexity index is 482. The first-order valence-electron chi connectivity index (χ1n) is 5.89. The number of amides is 2. The summed E-state index contributed by atoms with van der Waals surface area (Å²) >= 11 is 0. The number of carbonyl (C=O) groups is 3. The van der Waals surface area contributed by atoms with E-state index in [4.69, 9.17) is 14.9 Å². The van der Waals surface area contributed by atoms with Gasteiger partial charge in [0.05, 0.1) is 6.26 Å². The number of carbonyl (C=O) groups excluding carboxylic acids is 3. The molecule has 2 rings (SSSR count). The maximum Gasteiger partial charge on any atom is 0.405 e. The fraction of sp³-hybridized carbons (Fsp3) is 0.417. The summed E-state index contributed by atoms with van der Waals surface area (Å²) in [6, 6.07) is 3.02. The minimum absolute atomic E-state index is 0.0738. The third-order valence-electron chi connectivity index (χ3n) is 2.98. The molecule has 0 saturated carbocycles. The first-order chi connectivity index (χ1) is 9.08. The second kappa shape index (κ2) is 5.55. The highest BCUT2D eigenvalue weighted by molar-refractivity contribution is 5.98. The second-order valence-electron chi connectivity index (χ2n) is 4.28. The van der Waals surface area contributed by atoms with Crippen molar-refractivity contribution in [1.29, 1.82) is 0 Å². The number of Topliss-reactive ketones (excluding diaryl/α,β-unsaturated/α-hetero) is 1. The average Bonchev–Trinajstić information content (AvgIpc) is 2.99. The Kier molecular flexibility index (Phi) is 3.84. The smallest absolute Gasteiger partial charge is 0.405 e. The number of nitrogens with two attached hydrogens (primary N) is 1. The molecule has 1 unspecified atom stereocenters. The molecule has 1 fully saturated rings. The highest BCUT2D eigenvalue weighted by Gasteiger charge is 2.33. The standard InChI is InChI=1S/C12H14N2O5/c13-12(17)19-9(6-7-3-4-14-11(7)16)10(15)8-2-1-5-18-8/h1-2,5,7,9H,3-4,6H2,(H2,13,17)(H,14,16)/t7-,9?/m0/s1. The molecule has 1 saturated heterocycles. The summed E-state index contributed by atoms with van der Waals surface area (Å²) in [5.41, 5.74) is 4.95. The lowest BCUT2D eigenvalue weighted by Gasteiger charge is -2.16. The molecule has 1 aromatic heterocycles. The van der Waals surface area contributed by atoms with Gasteiger partial charge < -0.3 is 20.2 Å². The van der Waals surface area contributed by atoms with Crippen molar-refractivity contribution in [2.24, 2.45) is 11.7 Å². The molecule has 0 aromatic carbocycles. The van der Waals surface area contributed by atoms with E-state index in [1.54, 1.807) is 6.07 Å². The molecular formula is C12H14N2O5. The minimum atomic E-state index is -1.10. The van der Waals surface area contributed by atoms with Gasteiger partial charge in [0.1, 0.15) is 0 Å². The number of primary amides is 1. The zero-order valence-corrected chi connectivity index (χ0v) is 10.1. The van der Waals surface area contributed by atoms with Gasteiger partial charge in [-0.2, -0.15) is 0 Å². The maximum atomic E-state index is 12.1. The number of furan rings is 1. The van der Waals surface area contributed by atoms with Crippen LogP contribution in [0, 0.1) is 5.92 Å². The van der Waals surface area contributed by atoms with Crippen molar-refractivity contribution >= 4 is 17.8 Å². The average molecular weight is 266 g/mol. The molecule has 7 nitrogen and oxygen atoms in total. The largest absolute Gasteiger partial charge is 0.461 e. The predicted molar refractivity (Wildman–Crippen MR) is 63.2 cm³/mol. The lowest BCUT2D eigenvalue weighted by atomic mass is 9.97. The normalized spacial score (nSPS) is 19.8. The number of hydrogen-bond donors (Lipinski definition) is 2. The summed E-state index contributed by atoms with van der Waals surface area (Å²) in [6.45, 7) is 0.557. The molecule has 0 spiro atoms. The third kappa shape index (κ3) is 3.12. The molecule has 1 aliphatic heterocycles. The quantitative estimate of drug-likeness (QED) is 0.751. The maximum absolute atomic E-state index is 12.1. The van der Waals surface area contributed by atoms with Crippen molar-refractivity contribution in [3.63, 3.8) is 0 Å². The van der Waals surface area contributed by atoms with E-state index in [-0.39, 0.29) is 24.0 Å². The summed E-state index contributed by atoms with van der Waals surface area (Å²) < 4.78 is 9.76. The van der Waals surface area contributed by atoms with Crippen LogP contribution in [0.4, 0.5) is 4.79 Å². The van der Waals surface area contributed by atoms with E-state index in [2.05, 4.69) is 5.32 Å². The molecule has 102 valence electrons. The lowest BCUT2D eigenvalue weighted by Crippen LogP contribution is -2.33. The highest BCUT2D eigenvalue weighted by Crippen LogP contribution is 2.20. The van der Waals surface area contributed by atoms with Crippen LogP contribution in [0.3, 0.4) is 0 Å². The van der Waals surface area contributed by atoms with Crippen LogP contribution in [0.25, 0.3) is 0 Å². The molecule has 0 radical (unpaired) electrons. The van der Waals surface area contributed by atoms with Crippen LogP contribution < -0.4 is 11.1 Å². The number of ether oxygens (including phenoxy) is 1. The molecule has 1 aromatic rings. The Balaban J connectivity index is 2.09. The van der Waals surface area contributed by atoms with Crippen molar-refractivity contribution in [3.8, 4) is 0 Å². The van der Waals surface area contributed by atoms with Gasteiger partial charge in [-0.25, -0.2) is 4.79 Å². The van der Waals surface area contributed by atoms with E-state index in [0.717, 1.165) is 0 Å². The molecule has 19 heavy (non-hydrogen) atoms. The van der Waals surface area contributed by atoms with E-state index < -0.39 is 18.0 Å². The summed E-state index contributed by atoms with van der Waals surface area (Å²) in [7, 11) is 0. The van der Waals surface area contributed by atoms with E-state index in [9.17, 15) is 14.4 Å². The minimum Gasteiger partial charge on any atom is -0.461 e. The lowest BCUT2D eigenvalue weighted by molar-refractivity contribution is -0.123.